The number of rotatable bonds is 7. The van der Waals surface area contributed by atoms with Crippen LogP contribution in [0.4, 0.5) is 5.69 Å². The minimum absolute atomic E-state index is 0.0101. The van der Waals surface area contributed by atoms with E-state index in [4.69, 9.17) is 4.74 Å². The van der Waals surface area contributed by atoms with Crippen LogP contribution in [0.25, 0.3) is 0 Å². The van der Waals surface area contributed by atoms with E-state index < -0.39 is 11.9 Å². The normalized spacial score (nSPS) is 13.0. The molecule has 7 heteroatoms. The van der Waals surface area contributed by atoms with Crippen molar-refractivity contribution in [2.24, 2.45) is 5.10 Å². The molecule has 0 saturated carbocycles. The minimum atomic E-state index is -0.593. The van der Waals surface area contributed by atoms with Crippen molar-refractivity contribution in [3.05, 3.63) is 65.7 Å². The average Bonchev–Trinajstić information content (AvgIpc) is 3.23. The number of amides is 2. The van der Waals surface area contributed by atoms with E-state index in [1.54, 1.807) is 6.07 Å². The first kappa shape index (κ1) is 20.3. The lowest BCUT2D eigenvalue weighted by Crippen LogP contribution is -2.25. The second-order valence-electron chi connectivity index (χ2n) is 6.70. The third-order valence-corrected chi connectivity index (χ3v) is 4.52. The third kappa shape index (κ3) is 5.75. The van der Waals surface area contributed by atoms with Crippen LogP contribution < -0.4 is 5.32 Å². The van der Waals surface area contributed by atoms with E-state index in [1.807, 2.05) is 55.5 Å². The highest BCUT2D eigenvalue weighted by Crippen LogP contribution is 2.15. The Bertz CT molecular complexity index is 925. The number of hydrogen-bond acceptors (Lipinski definition) is 5. The van der Waals surface area contributed by atoms with Crippen LogP contribution in [0.1, 0.15) is 30.4 Å². The Morgan fingerprint density at radius 1 is 1.03 bits per heavy atom. The number of nitrogens with zero attached hydrogens (tertiary/aromatic N) is 2. The molecule has 0 saturated heterocycles. The molecule has 7 nitrogen and oxygen atoms in total. The van der Waals surface area contributed by atoms with Crippen molar-refractivity contribution in [3.63, 3.8) is 0 Å². The molecule has 1 aliphatic heterocycles. The molecule has 2 aromatic rings. The van der Waals surface area contributed by atoms with Gasteiger partial charge in [0.05, 0.1) is 18.7 Å². The van der Waals surface area contributed by atoms with Crippen molar-refractivity contribution < 1.29 is 19.1 Å². The Kier molecular flexibility index (Phi) is 6.73. The quantitative estimate of drug-likeness (QED) is 0.733. The van der Waals surface area contributed by atoms with Gasteiger partial charge in [-0.15, -0.1) is 0 Å². The Hall–Kier alpha value is -3.48. The van der Waals surface area contributed by atoms with Crippen LogP contribution in [0.15, 0.2) is 59.7 Å². The third-order valence-electron chi connectivity index (χ3n) is 4.52. The standard InChI is InChI=1S/C22H23N3O4/c1-16-7-5-6-10-18(16)23-20(26)15-29-22(28)12-11-21(27)25-14-13-19(24-25)17-8-3-2-4-9-17/h2-10H,11-15H2,1H3,(H,23,26). The first-order valence-corrected chi connectivity index (χ1v) is 9.47. The number of nitrogens with one attached hydrogen (secondary N) is 1. The van der Waals surface area contributed by atoms with Gasteiger partial charge in [-0.2, -0.15) is 5.10 Å². The fraction of sp³-hybridized carbons (Fsp3) is 0.273. The number of hydrogen-bond donors (Lipinski definition) is 1. The molecular weight excluding hydrogens is 370 g/mol. The van der Waals surface area contributed by atoms with Gasteiger partial charge in [-0.25, -0.2) is 5.01 Å². The average molecular weight is 393 g/mol. The van der Waals surface area contributed by atoms with E-state index in [2.05, 4.69) is 10.4 Å². The highest BCUT2D eigenvalue weighted by molar-refractivity contribution is 6.02. The van der Waals surface area contributed by atoms with E-state index in [9.17, 15) is 14.4 Å². The van der Waals surface area contributed by atoms with Gasteiger partial charge >= 0.3 is 5.97 Å². The molecular formula is C22H23N3O4. The Labute approximate surface area is 169 Å². The summed E-state index contributed by atoms with van der Waals surface area (Å²) in [7, 11) is 0. The largest absolute Gasteiger partial charge is 0.456 e. The molecule has 0 aromatic heterocycles. The predicted octanol–water partition coefficient (Wildman–Crippen LogP) is 2.89. The lowest BCUT2D eigenvalue weighted by atomic mass is 10.1. The predicted molar refractivity (Wildman–Crippen MR) is 109 cm³/mol. The summed E-state index contributed by atoms with van der Waals surface area (Å²) >= 11 is 0. The van der Waals surface area contributed by atoms with Gasteiger partial charge in [0.25, 0.3) is 5.91 Å². The number of para-hydroxylation sites is 1. The smallest absolute Gasteiger partial charge is 0.306 e. The number of carbonyl (C=O) groups is 3. The highest BCUT2D eigenvalue weighted by Gasteiger charge is 2.22. The zero-order valence-electron chi connectivity index (χ0n) is 16.3. The molecule has 0 spiro atoms. The lowest BCUT2D eigenvalue weighted by molar-refractivity contribution is -0.148. The summed E-state index contributed by atoms with van der Waals surface area (Å²) in [5.41, 5.74) is 3.43. The maximum Gasteiger partial charge on any atom is 0.306 e. The van der Waals surface area contributed by atoms with Crippen molar-refractivity contribution in [3.8, 4) is 0 Å². The molecule has 3 rings (SSSR count). The molecule has 0 unspecified atom stereocenters. The summed E-state index contributed by atoms with van der Waals surface area (Å²) in [6.07, 6.45) is 0.576. The van der Waals surface area contributed by atoms with E-state index >= 15 is 0 Å². The van der Waals surface area contributed by atoms with Gasteiger partial charge in [0.1, 0.15) is 0 Å². The van der Waals surface area contributed by atoms with Crippen molar-refractivity contribution in [2.75, 3.05) is 18.5 Å². The number of benzene rings is 2. The maximum absolute atomic E-state index is 12.3. The SMILES string of the molecule is Cc1ccccc1NC(=O)COC(=O)CCC(=O)N1CCC(c2ccccc2)=N1. The van der Waals surface area contributed by atoms with E-state index in [0.717, 1.165) is 16.8 Å². The Morgan fingerprint density at radius 3 is 2.52 bits per heavy atom. The van der Waals surface area contributed by atoms with Crippen LogP contribution in [0.2, 0.25) is 0 Å². The zero-order valence-corrected chi connectivity index (χ0v) is 16.3. The number of aryl methyl sites for hydroxylation is 1. The number of hydrazone groups is 1. The fourth-order valence-electron chi connectivity index (χ4n) is 2.93. The molecule has 0 fully saturated rings. The van der Waals surface area contributed by atoms with Gasteiger partial charge in [0, 0.05) is 18.5 Å². The highest BCUT2D eigenvalue weighted by atomic mass is 16.5. The number of ether oxygens (including phenoxy) is 1. The summed E-state index contributed by atoms with van der Waals surface area (Å²) < 4.78 is 4.96. The minimum Gasteiger partial charge on any atom is -0.456 e. The second-order valence-corrected chi connectivity index (χ2v) is 6.70. The number of carbonyl (C=O) groups excluding carboxylic acids is 3. The van der Waals surface area contributed by atoms with Gasteiger partial charge in [-0.3, -0.25) is 14.4 Å². The van der Waals surface area contributed by atoms with Gasteiger partial charge in [-0.1, -0.05) is 48.5 Å². The van der Waals surface area contributed by atoms with Crippen LogP contribution in [0.3, 0.4) is 0 Å². The molecule has 0 bridgehead atoms. The molecule has 0 atom stereocenters. The van der Waals surface area contributed by atoms with E-state index in [-0.39, 0.29) is 25.4 Å². The van der Waals surface area contributed by atoms with Crippen molar-refractivity contribution in [1.82, 2.24) is 5.01 Å². The molecule has 29 heavy (non-hydrogen) atoms. The molecule has 2 aromatic carbocycles. The summed E-state index contributed by atoms with van der Waals surface area (Å²) in [6, 6.07) is 17.0. The molecule has 0 radical (unpaired) electrons. The molecule has 1 N–H and O–H groups in total. The van der Waals surface area contributed by atoms with Crippen LogP contribution in [0, 0.1) is 6.92 Å². The molecule has 0 aliphatic carbocycles. The Balaban J connectivity index is 1.40. The van der Waals surface area contributed by atoms with Crippen molar-refractivity contribution in [2.45, 2.75) is 26.2 Å². The van der Waals surface area contributed by atoms with Gasteiger partial charge in [-0.05, 0) is 24.1 Å². The Morgan fingerprint density at radius 2 is 1.76 bits per heavy atom. The first-order valence-electron chi connectivity index (χ1n) is 9.47. The van der Waals surface area contributed by atoms with Crippen LogP contribution in [-0.2, 0) is 19.1 Å². The van der Waals surface area contributed by atoms with Crippen molar-refractivity contribution in [1.29, 1.82) is 0 Å². The molecule has 1 aliphatic rings. The topological polar surface area (TPSA) is 88.1 Å². The van der Waals surface area contributed by atoms with E-state index in [0.29, 0.717) is 18.7 Å². The van der Waals surface area contributed by atoms with Crippen molar-refractivity contribution >= 4 is 29.2 Å². The summed E-state index contributed by atoms with van der Waals surface area (Å²) in [5.74, 6) is -1.25. The summed E-state index contributed by atoms with van der Waals surface area (Å²) in [5, 5.41) is 8.43. The van der Waals surface area contributed by atoms with Gasteiger partial charge < -0.3 is 10.1 Å². The van der Waals surface area contributed by atoms with E-state index in [1.165, 1.54) is 5.01 Å². The fourth-order valence-corrected chi connectivity index (χ4v) is 2.93. The zero-order chi connectivity index (χ0) is 20.6. The van der Waals surface area contributed by atoms with Gasteiger partial charge in [0.15, 0.2) is 6.61 Å². The van der Waals surface area contributed by atoms with Gasteiger partial charge in [0.2, 0.25) is 5.91 Å². The second kappa shape index (κ2) is 9.64. The summed E-state index contributed by atoms with van der Waals surface area (Å²) in [6.45, 7) is 1.98. The number of anilines is 1. The lowest BCUT2D eigenvalue weighted by Gasteiger charge is -2.11. The van der Waals surface area contributed by atoms with Crippen LogP contribution in [0.5, 0.6) is 0 Å². The van der Waals surface area contributed by atoms with Crippen LogP contribution in [-0.4, -0.2) is 41.7 Å². The monoisotopic (exact) mass is 393 g/mol. The number of esters is 1. The molecule has 150 valence electrons. The molecule has 1 heterocycles. The summed E-state index contributed by atoms with van der Waals surface area (Å²) in [4.78, 5) is 36.0. The van der Waals surface area contributed by atoms with Crippen LogP contribution >= 0.6 is 0 Å². The first-order chi connectivity index (χ1) is 14.0. The maximum atomic E-state index is 12.3. The molecule has 2 amide bonds.